The van der Waals surface area contributed by atoms with E-state index in [1.807, 2.05) is 0 Å². The van der Waals surface area contributed by atoms with E-state index < -0.39 is 0 Å². The van der Waals surface area contributed by atoms with Crippen LogP contribution in [0.2, 0.25) is 0 Å². The molecule has 20 heavy (non-hydrogen) atoms. The SMILES string of the molecule is Cc1n[nH]nc1C(=O)N[C@@H]1COCC[C@@H]1OCC1CC1. The van der Waals surface area contributed by atoms with Gasteiger partial charge in [0, 0.05) is 13.2 Å². The highest BCUT2D eigenvalue weighted by atomic mass is 16.5. The molecule has 1 amide bonds. The number of H-pyrrole nitrogens is 1. The van der Waals surface area contributed by atoms with E-state index in [2.05, 4.69) is 20.7 Å². The lowest BCUT2D eigenvalue weighted by Gasteiger charge is -2.32. The molecule has 2 fully saturated rings. The van der Waals surface area contributed by atoms with Crippen LogP contribution < -0.4 is 5.32 Å². The Kier molecular flexibility index (Phi) is 3.98. The first-order valence-corrected chi connectivity index (χ1v) is 7.11. The molecule has 2 atom stereocenters. The van der Waals surface area contributed by atoms with Gasteiger partial charge in [0.05, 0.1) is 24.4 Å². The van der Waals surface area contributed by atoms with Crippen LogP contribution in [0.4, 0.5) is 0 Å². The number of carbonyl (C=O) groups is 1. The zero-order chi connectivity index (χ0) is 13.9. The van der Waals surface area contributed by atoms with Crippen LogP contribution >= 0.6 is 0 Å². The molecular weight excluding hydrogens is 260 g/mol. The maximum Gasteiger partial charge on any atom is 0.274 e. The summed E-state index contributed by atoms with van der Waals surface area (Å²) in [6.45, 7) is 3.71. The van der Waals surface area contributed by atoms with E-state index in [1.54, 1.807) is 6.92 Å². The molecule has 1 aliphatic heterocycles. The maximum absolute atomic E-state index is 12.1. The van der Waals surface area contributed by atoms with E-state index in [9.17, 15) is 4.79 Å². The summed E-state index contributed by atoms with van der Waals surface area (Å²) < 4.78 is 11.4. The number of ether oxygens (including phenoxy) is 2. The van der Waals surface area contributed by atoms with E-state index in [-0.39, 0.29) is 18.1 Å². The fraction of sp³-hybridized carbons (Fsp3) is 0.769. The van der Waals surface area contributed by atoms with Crippen LogP contribution in [0.3, 0.4) is 0 Å². The fourth-order valence-electron chi connectivity index (χ4n) is 2.33. The standard InChI is InChI=1S/C13H20N4O3/c1-8-12(16-17-15-8)13(18)14-10-7-19-5-4-11(10)20-6-9-2-3-9/h9-11H,2-7H2,1H3,(H,14,18)(H,15,16,17)/t10-,11+/m1/s1. The third-order valence-electron chi connectivity index (χ3n) is 3.79. The Labute approximate surface area is 117 Å². The largest absolute Gasteiger partial charge is 0.379 e. The first-order chi connectivity index (χ1) is 9.74. The van der Waals surface area contributed by atoms with Gasteiger partial charge in [0.1, 0.15) is 0 Å². The summed E-state index contributed by atoms with van der Waals surface area (Å²) >= 11 is 0. The van der Waals surface area contributed by atoms with Gasteiger partial charge in [-0.1, -0.05) is 0 Å². The van der Waals surface area contributed by atoms with Gasteiger partial charge in [-0.15, -0.1) is 0 Å². The van der Waals surface area contributed by atoms with Crippen LogP contribution in [0.5, 0.6) is 0 Å². The molecule has 1 aromatic rings. The van der Waals surface area contributed by atoms with Gasteiger partial charge in [-0.2, -0.15) is 15.4 Å². The van der Waals surface area contributed by atoms with E-state index in [0.29, 0.717) is 30.5 Å². The summed E-state index contributed by atoms with van der Waals surface area (Å²) in [5, 5.41) is 13.1. The van der Waals surface area contributed by atoms with Gasteiger partial charge < -0.3 is 14.8 Å². The second kappa shape index (κ2) is 5.88. The van der Waals surface area contributed by atoms with Crippen LogP contribution in [-0.4, -0.2) is 53.3 Å². The smallest absolute Gasteiger partial charge is 0.274 e. The van der Waals surface area contributed by atoms with Gasteiger partial charge >= 0.3 is 0 Å². The predicted molar refractivity (Wildman–Crippen MR) is 70.3 cm³/mol. The molecule has 1 aliphatic carbocycles. The maximum atomic E-state index is 12.1. The molecule has 0 bridgehead atoms. The highest BCUT2D eigenvalue weighted by Crippen LogP contribution is 2.30. The van der Waals surface area contributed by atoms with Crippen LogP contribution in [0.15, 0.2) is 0 Å². The van der Waals surface area contributed by atoms with Crippen molar-refractivity contribution < 1.29 is 14.3 Å². The fourth-order valence-corrected chi connectivity index (χ4v) is 2.33. The van der Waals surface area contributed by atoms with Crippen molar-refractivity contribution in [1.82, 2.24) is 20.7 Å². The first kappa shape index (κ1) is 13.5. The van der Waals surface area contributed by atoms with E-state index >= 15 is 0 Å². The van der Waals surface area contributed by atoms with E-state index in [1.165, 1.54) is 12.8 Å². The number of nitrogens with one attached hydrogen (secondary N) is 2. The van der Waals surface area contributed by atoms with Crippen molar-refractivity contribution in [1.29, 1.82) is 0 Å². The van der Waals surface area contributed by atoms with Crippen molar-refractivity contribution in [2.75, 3.05) is 19.8 Å². The number of nitrogens with zero attached hydrogens (tertiary/aromatic N) is 2. The Balaban J connectivity index is 1.58. The number of aromatic nitrogens is 3. The van der Waals surface area contributed by atoms with Crippen LogP contribution in [0.1, 0.15) is 35.4 Å². The minimum Gasteiger partial charge on any atom is -0.379 e. The third kappa shape index (κ3) is 3.16. The van der Waals surface area contributed by atoms with Gasteiger partial charge in [0.15, 0.2) is 5.69 Å². The molecule has 3 rings (SSSR count). The molecule has 110 valence electrons. The van der Waals surface area contributed by atoms with E-state index in [0.717, 1.165) is 13.0 Å². The molecule has 7 heteroatoms. The zero-order valence-electron chi connectivity index (χ0n) is 11.6. The van der Waals surface area contributed by atoms with Crippen molar-refractivity contribution >= 4 is 5.91 Å². The molecule has 0 spiro atoms. The number of aryl methyl sites for hydroxylation is 1. The number of amides is 1. The highest BCUT2D eigenvalue weighted by molar-refractivity contribution is 5.93. The Morgan fingerprint density at radius 3 is 3.00 bits per heavy atom. The summed E-state index contributed by atoms with van der Waals surface area (Å²) in [5.74, 6) is 0.485. The topological polar surface area (TPSA) is 89.1 Å². The molecule has 2 heterocycles. The zero-order valence-corrected chi connectivity index (χ0v) is 11.6. The molecule has 0 radical (unpaired) electrons. The number of rotatable bonds is 5. The average Bonchev–Trinajstić information content (AvgIpc) is 3.18. The molecular formula is C13H20N4O3. The molecule has 2 aliphatic rings. The number of hydrogen-bond acceptors (Lipinski definition) is 5. The summed E-state index contributed by atoms with van der Waals surface area (Å²) in [7, 11) is 0. The van der Waals surface area contributed by atoms with Gasteiger partial charge in [0.25, 0.3) is 5.91 Å². The molecule has 2 N–H and O–H groups in total. The highest BCUT2D eigenvalue weighted by Gasteiger charge is 2.31. The molecule has 0 unspecified atom stereocenters. The van der Waals surface area contributed by atoms with Crippen molar-refractivity contribution in [2.45, 2.75) is 38.3 Å². The predicted octanol–water partition coefficient (Wildman–Crippen LogP) is 0.427. The molecule has 1 aromatic heterocycles. The number of hydrogen-bond donors (Lipinski definition) is 2. The normalized spacial score (nSPS) is 26.4. The van der Waals surface area contributed by atoms with E-state index in [4.69, 9.17) is 9.47 Å². The van der Waals surface area contributed by atoms with Crippen LogP contribution in [0.25, 0.3) is 0 Å². The van der Waals surface area contributed by atoms with Gasteiger partial charge in [-0.05, 0) is 32.1 Å². The second-order valence-electron chi connectivity index (χ2n) is 5.52. The Morgan fingerprint density at radius 1 is 1.45 bits per heavy atom. The molecule has 1 saturated carbocycles. The molecule has 1 saturated heterocycles. The van der Waals surface area contributed by atoms with Gasteiger partial charge in [0.2, 0.25) is 0 Å². The van der Waals surface area contributed by atoms with Crippen LogP contribution in [0, 0.1) is 12.8 Å². The van der Waals surface area contributed by atoms with Crippen molar-refractivity contribution in [3.8, 4) is 0 Å². The minimum absolute atomic E-state index is 0.0282. The minimum atomic E-state index is -0.230. The van der Waals surface area contributed by atoms with Crippen molar-refractivity contribution in [3.05, 3.63) is 11.4 Å². The number of carbonyl (C=O) groups excluding carboxylic acids is 1. The summed E-state index contributed by atoms with van der Waals surface area (Å²) in [6, 6.07) is -0.119. The Morgan fingerprint density at radius 2 is 2.30 bits per heavy atom. The first-order valence-electron chi connectivity index (χ1n) is 7.11. The van der Waals surface area contributed by atoms with Gasteiger partial charge in [-0.3, -0.25) is 4.79 Å². The monoisotopic (exact) mass is 280 g/mol. The molecule has 7 nitrogen and oxygen atoms in total. The Bertz CT molecular complexity index is 472. The molecule has 0 aromatic carbocycles. The third-order valence-corrected chi connectivity index (χ3v) is 3.79. The second-order valence-corrected chi connectivity index (χ2v) is 5.52. The van der Waals surface area contributed by atoms with Crippen molar-refractivity contribution in [3.63, 3.8) is 0 Å². The average molecular weight is 280 g/mol. The van der Waals surface area contributed by atoms with Gasteiger partial charge in [-0.25, -0.2) is 0 Å². The Hall–Kier alpha value is -1.47. The lowest BCUT2D eigenvalue weighted by Crippen LogP contribution is -2.50. The van der Waals surface area contributed by atoms with Crippen LogP contribution in [-0.2, 0) is 9.47 Å². The summed E-state index contributed by atoms with van der Waals surface area (Å²) in [4.78, 5) is 12.1. The summed E-state index contributed by atoms with van der Waals surface area (Å²) in [5.41, 5.74) is 0.922. The van der Waals surface area contributed by atoms with Crippen molar-refractivity contribution in [2.24, 2.45) is 5.92 Å². The lowest BCUT2D eigenvalue weighted by molar-refractivity contribution is -0.0567. The summed E-state index contributed by atoms with van der Waals surface area (Å²) in [6.07, 6.45) is 3.37. The quantitative estimate of drug-likeness (QED) is 0.816. The number of aromatic amines is 1. The lowest BCUT2D eigenvalue weighted by atomic mass is 10.1.